The lowest BCUT2D eigenvalue weighted by Crippen LogP contribution is -2.08. The highest BCUT2D eigenvalue weighted by Gasteiger charge is 2.13. The predicted octanol–water partition coefficient (Wildman–Crippen LogP) is 1.75. The summed E-state index contributed by atoms with van der Waals surface area (Å²) in [5.41, 5.74) is 0. The molecule has 2 heterocycles. The minimum absolute atomic E-state index is 0.0747. The van der Waals surface area contributed by atoms with Gasteiger partial charge in [-0.3, -0.25) is 0 Å². The third-order valence-electron chi connectivity index (χ3n) is 2.38. The van der Waals surface area contributed by atoms with E-state index in [-0.39, 0.29) is 12.6 Å². The van der Waals surface area contributed by atoms with E-state index in [1.807, 2.05) is 4.57 Å². The number of thiophene rings is 1. The Morgan fingerprint density at radius 3 is 2.93 bits per heavy atom. The van der Waals surface area contributed by atoms with Crippen LogP contribution in [0.25, 0.3) is 0 Å². The van der Waals surface area contributed by atoms with Crippen molar-refractivity contribution in [1.29, 1.82) is 0 Å². The minimum atomic E-state index is -0.0747. The zero-order valence-electron chi connectivity index (χ0n) is 8.71. The molecule has 15 heavy (non-hydrogen) atoms. The number of aliphatic hydroxyl groups excluding tert-OH is 1. The van der Waals surface area contributed by atoms with E-state index in [0.717, 1.165) is 0 Å². The summed E-state index contributed by atoms with van der Waals surface area (Å²) in [6.45, 7) is 4.09. The molecule has 0 spiro atoms. The molecule has 2 rings (SSSR count). The van der Waals surface area contributed by atoms with E-state index in [1.54, 1.807) is 17.7 Å². The van der Waals surface area contributed by atoms with Crippen LogP contribution in [0.3, 0.4) is 0 Å². The molecule has 4 nitrogen and oxygen atoms in total. The highest BCUT2D eigenvalue weighted by molar-refractivity contribution is 7.12. The smallest absolute Gasteiger partial charge is 0.159 e. The Morgan fingerprint density at radius 2 is 2.33 bits per heavy atom. The second-order valence-electron chi connectivity index (χ2n) is 3.44. The highest BCUT2D eigenvalue weighted by atomic mass is 32.1. The van der Waals surface area contributed by atoms with Gasteiger partial charge >= 0.3 is 0 Å². The Balaban J connectivity index is 2.31. The standard InChI is InChI=1S/C10H13N3OS/c1-7-3-4-9(15-7)8(2)13-6-11-12-10(13)5-14/h3-4,6,8,14H,5H2,1-2H3. The molecule has 0 saturated carbocycles. The van der Waals surface area contributed by atoms with Crippen molar-refractivity contribution in [2.24, 2.45) is 0 Å². The Kier molecular flexibility index (Phi) is 2.83. The zero-order chi connectivity index (χ0) is 10.8. The summed E-state index contributed by atoms with van der Waals surface area (Å²) in [5.74, 6) is 0.605. The first-order valence-electron chi connectivity index (χ1n) is 4.78. The second-order valence-corrected chi connectivity index (χ2v) is 4.76. The highest BCUT2D eigenvalue weighted by Crippen LogP contribution is 2.25. The molecule has 1 atom stereocenters. The topological polar surface area (TPSA) is 50.9 Å². The molecule has 2 aromatic heterocycles. The van der Waals surface area contributed by atoms with Gasteiger partial charge in [-0.1, -0.05) is 0 Å². The summed E-state index contributed by atoms with van der Waals surface area (Å²) in [5, 5.41) is 16.7. The first-order valence-corrected chi connectivity index (χ1v) is 5.59. The van der Waals surface area contributed by atoms with Crippen LogP contribution in [0.2, 0.25) is 0 Å². The molecular weight excluding hydrogens is 210 g/mol. The first-order chi connectivity index (χ1) is 7.22. The van der Waals surface area contributed by atoms with Crippen molar-refractivity contribution in [2.75, 3.05) is 0 Å². The molecule has 80 valence electrons. The van der Waals surface area contributed by atoms with Gasteiger partial charge in [-0.05, 0) is 26.0 Å². The molecular formula is C10H13N3OS. The summed E-state index contributed by atoms with van der Waals surface area (Å²) in [6, 6.07) is 4.38. The van der Waals surface area contributed by atoms with Crippen LogP contribution in [0.5, 0.6) is 0 Å². The van der Waals surface area contributed by atoms with Crippen molar-refractivity contribution in [3.05, 3.63) is 34.0 Å². The molecule has 5 heteroatoms. The third kappa shape index (κ3) is 1.93. The molecule has 1 unspecified atom stereocenters. The summed E-state index contributed by atoms with van der Waals surface area (Å²) in [4.78, 5) is 2.54. The van der Waals surface area contributed by atoms with E-state index in [0.29, 0.717) is 5.82 Å². The number of rotatable bonds is 3. The molecule has 0 radical (unpaired) electrons. The van der Waals surface area contributed by atoms with E-state index in [2.05, 4.69) is 36.2 Å². The monoisotopic (exact) mass is 223 g/mol. The largest absolute Gasteiger partial charge is 0.388 e. The maximum atomic E-state index is 9.09. The maximum Gasteiger partial charge on any atom is 0.159 e. The lowest BCUT2D eigenvalue weighted by molar-refractivity contribution is 0.263. The van der Waals surface area contributed by atoms with Crippen molar-refractivity contribution in [2.45, 2.75) is 26.5 Å². The molecule has 0 aromatic carbocycles. The fourth-order valence-electron chi connectivity index (χ4n) is 1.52. The van der Waals surface area contributed by atoms with E-state index in [4.69, 9.17) is 5.11 Å². The summed E-state index contributed by atoms with van der Waals surface area (Å²) >= 11 is 1.76. The van der Waals surface area contributed by atoms with Crippen LogP contribution in [-0.2, 0) is 6.61 Å². The molecule has 0 fully saturated rings. The van der Waals surface area contributed by atoms with Crippen LogP contribution in [0.1, 0.15) is 28.5 Å². The quantitative estimate of drug-likeness (QED) is 0.862. The molecule has 2 aromatic rings. The number of hydrogen-bond donors (Lipinski definition) is 1. The van der Waals surface area contributed by atoms with Gasteiger partial charge in [0.1, 0.15) is 12.9 Å². The number of aliphatic hydroxyl groups is 1. The molecule has 0 aliphatic heterocycles. The van der Waals surface area contributed by atoms with Gasteiger partial charge in [-0.2, -0.15) is 0 Å². The van der Waals surface area contributed by atoms with Gasteiger partial charge in [-0.15, -0.1) is 21.5 Å². The Bertz CT molecular complexity index is 449. The average molecular weight is 223 g/mol. The molecule has 0 bridgehead atoms. The van der Waals surface area contributed by atoms with Crippen molar-refractivity contribution in [3.63, 3.8) is 0 Å². The van der Waals surface area contributed by atoms with Crippen LogP contribution >= 0.6 is 11.3 Å². The SMILES string of the molecule is Cc1ccc(C(C)n2cnnc2CO)s1. The Labute approximate surface area is 92.2 Å². The number of aromatic nitrogens is 3. The summed E-state index contributed by atoms with van der Waals surface area (Å²) < 4.78 is 1.89. The predicted molar refractivity (Wildman–Crippen MR) is 58.8 cm³/mol. The lowest BCUT2D eigenvalue weighted by Gasteiger charge is -2.12. The lowest BCUT2D eigenvalue weighted by atomic mass is 10.2. The van der Waals surface area contributed by atoms with E-state index in [9.17, 15) is 0 Å². The van der Waals surface area contributed by atoms with Crippen LogP contribution < -0.4 is 0 Å². The number of nitrogens with zero attached hydrogens (tertiary/aromatic N) is 3. The maximum absolute atomic E-state index is 9.09. The molecule has 0 aliphatic carbocycles. The molecule has 0 saturated heterocycles. The van der Waals surface area contributed by atoms with Crippen molar-refractivity contribution in [3.8, 4) is 0 Å². The zero-order valence-corrected chi connectivity index (χ0v) is 9.53. The van der Waals surface area contributed by atoms with Gasteiger partial charge in [0.2, 0.25) is 0 Å². The van der Waals surface area contributed by atoms with Gasteiger partial charge < -0.3 is 9.67 Å². The average Bonchev–Trinajstić information content (AvgIpc) is 2.84. The van der Waals surface area contributed by atoms with Crippen LogP contribution in [0, 0.1) is 6.92 Å². The van der Waals surface area contributed by atoms with Gasteiger partial charge in [-0.25, -0.2) is 0 Å². The van der Waals surface area contributed by atoms with Gasteiger partial charge in [0, 0.05) is 9.75 Å². The summed E-state index contributed by atoms with van der Waals surface area (Å²) in [7, 11) is 0. The fourth-order valence-corrected chi connectivity index (χ4v) is 2.45. The summed E-state index contributed by atoms with van der Waals surface area (Å²) in [6.07, 6.45) is 1.66. The minimum Gasteiger partial charge on any atom is -0.388 e. The van der Waals surface area contributed by atoms with E-state index in [1.165, 1.54) is 9.75 Å². The second kappa shape index (κ2) is 4.12. The van der Waals surface area contributed by atoms with Crippen LogP contribution in [-0.4, -0.2) is 19.9 Å². The number of aryl methyl sites for hydroxylation is 1. The van der Waals surface area contributed by atoms with Gasteiger partial charge in [0.05, 0.1) is 6.04 Å². The third-order valence-corrected chi connectivity index (χ3v) is 3.55. The van der Waals surface area contributed by atoms with Crippen molar-refractivity contribution >= 4 is 11.3 Å². The van der Waals surface area contributed by atoms with Gasteiger partial charge in [0.15, 0.2) is 5.82 Å². The Hall–Kier alpha value is -1.20. The molecule has 0 amide bonds. The first kappa shape index (κ1) is 10.3. The van der Waals surface area contributed by atoms with Crippen molar-refractivity contribution in [1.82, 2.24) is 14.8 Å². The molecule has 1 N–H and O–H groups in total. The number of hydrogen-bond acceptors (Lipinski definition) is 4. The van der Waals surface area contributed by atoms with Crippen LogP contribution in [0.15, 0.2) is 18.5 Å². The van der Waals surface area contributed by atoms with Gasteiger partial charge in [0.25, 0.3) is 0 Å². The Morgan fingerprint density at radius 1 is 1.53 bits per heavy atom. The fraction of sp³-hybridized carbons (Fsp3) is 0.400. The van der Waals surface area contributed by atoms with E-state index < -0.39 is 0 Å². The normalized spacial score (nSPS) is 13.0. The molecule has 0 aliphatic rings. The van der Waals surface area contributed by atoms with Crippen LogP contribution in [0.4, 0.5) is 0 Å². The van der Waals surface area contributed by atoms with Crippen molar-refractivity contribution < 1.29 is 5.11 Å². The van der Waals surface area contributed by atoms with E-state index >= 15 is 0 Å².